The number of piperidine rings is 1. The smallest absolute Gasteiger partial charge is 0.273 e. The fraction of sp³-hybridized carbons (Fsp3) is 0.611. The van der Waals surface area contributed by atoms with Crippen molar-refractivity contribution < 1.29 is 4.79 Å². The summed E-state index contributed by atoms with van der Waals surface area (Å²) in [5, 5.41) is 3.30. The van der Waals surface area contributed by atoms with Crippen molar-refractivity contribution in [3.05, 3.63) is 27.2 Å². The van der Waals surface area contributed by atoms with E-state index < -0.39 is 0 Å². The van der Waals surface area contributed by atoms with Crippen LogP contribution in [-0.2, 0) is 18.3 Å². The van der Waals surface area contributed by atoms with Crippen LogP contribution in [0, 0.1) is 19.3 Å². The quantitative estimate of drug-likeness (QED) is 0.822. The molecule has 3 rings (SSSR count). The number of rotatable bonds is 2. The minimum absolute atomic E-state index is 0. The number of nitrogens with zero attached hydrogens (tertiary/aromatic N) is 3. The summed E-state index contributed by atoms with van der Waals surface area (Å²) >= 11 is 0. The molecule has 0 spiro atoms. The molecule has 0 aliphatic carbocycles. The van der Waals surface area contributed by atoms with Gasteiger partial charge in [-0.1, -0.05) is 13.8 Å². The van der Waals surface area contributed by atoms with Crippen molar-refractivity contribution in [2.45, 2.75) is 46.6 Å². The van der Waals surface area contributed by atoms with E-state index in [0.717, 1.165) is 23.2 Å². The van der Waals surface area contributed by atoms with Gasteiger partial charge in [0.05, 0.1) is 11.8 Å². The lowest BCUT2D eigenvalue weighted by molar-refractivity contribution is -0.133. The average molecular weight is 382 g/mol. The van der Waals surface area contributed by atoms with Gasteiger partial charge < -0.3 is 10.6 Å². The third-order valence-corrected chi connectivity index (χ3v) is 5.57. The van der Waals surface area contributed by atoms with Crippen LogP contribution in [0.25, 0.3) is 11.0 Å². The maximum Gasteiger partial charge on any atom is 0.273 e. The Morgan fingerprint density at radius 3 is 2.65 bits per heavy atom. The van der Waals surface area contributed by atoms with E-state index in [0.29, 0.717) is 24.1 Å². The van der Waals surface area contributed by atoms with Gasteiger partial charge in [-0.05, 0) is 36.8 Å². The number of nitrogens with two attached hydrogens (primary N) is 1. The SMILES string of the molecule is Cc1nc2c(c(C)c1CC(=O)N1CCC(N)C(C)(C)C1)c(=O)[nH]n2C.Cl. The van der Waals surface area contributed by atoms with Crippen molar-refractivity contribution in [2.24, 2.45) is 18.2 Å². The molecule has 1 fully saturated rings. The van der Waals surface area contributed by atoms with E-state index >= 15 is 0 Å². The van der Waals surface area contributed by atoms with Crippen molar-refractivity contribution in [2.75, 3.05) is 13.1 Å². The summed E-state index contributed by atoms with van der Waals surface area (Å²) in [5.41, 5.74) is 9.02. The molecule has 1 aliphatic rings. The normalized spacial score (nSPS) is 19.5. The van der Waals surface area contributed by atoms with Gasteiger partial charge in [-0.15, -0.1) is 12.4 Å². The largest absolute Gasteiger partial charge is 0.342 e. The fourth-order valence-corrected chi connectivity index (χ4v) is 3.76. The van der Waals surface area contributed by atoms with Crippen molar-refractivity contribution in [3.8, 4) is 0 Å². The molecule has 26 heavy (non-hydrogen) atoms. The highest BCUT2D eigenvalue weighted by Gasteiger charge is 2.35. The molecule has 0 bridgehead atoms. The number of hydrogen-bond donors (Lipinski definition) is 2. The molecule has 3 heterocycles. The maximum atomic E-state index is 12.9. The number of fused-ring (bicyclic) bond motifs is 1. The van der Waals surface area contributed by atoms with Gasteiger partial charge in [-0.25, -0.2) is 4.98 Å². The molecule has 1 saturated heterocycles. The summed E-state index contributed by atoms with van der Waals surface area (Å²) in [6.45, 7) is 9.33. The second kappa shape index (κ2) is 7.04. The van der Waals surface area contributed by atoms with Gasteiger partial charge in [-0.2, -0.15) is 0 Å². The maximum absolute atomic E-state index is 12.9. The molecule has 0 saturated carbocycles. The number of aromatic nitrogens is 3. The molecule has 1 atom stereocenters. The lowest BCUT2D eigenvalue weighted by atomic mass is 9.79. The zero-order valence-corrected chi connectivity index (χ0v) is 16.9. The molecule has 0 aromatic carbocycles. The number of halogens is 1. The Balaban J connectivity index is 0.00000243. The van der Waals surface area contributed by atoms with Crippen molar-refractivity contribution in [1.82, 2.24) is 19.7 Å². The lowest BCUT2D eigenvalue weighted by Gasteiger charge is -2.42. The predicted molar refractivity (Wildman–Crippen MR) is 105 cm³/mol. The summed E-state index contributed by atoms with van der Waals surface area (Å²) < 4.78 is 1.62. The van der Waals surface area contributed by atoms with Crippen LogP contribution in [0.1, 0.15) is 37.1 Å². The summed E-state index contributed by atoms with van der Waals surface area (Å²) in [7, 11) is 1.76. The highest BCUT2D eigenvalue weighted by molar-refractivity contribution is 5.85. The Kier molecular flexibility index (Phi) is 5.54. The van der Waals surface area contributed by atoms with Gasteiger partial charge in [-0.3, -0.25) is 19.4 Å². The summed E-state index contributed by atoms with van der Waals surface area (Å²) in [6.07, 6.45) is 1.08. The molecular formula is C18H28ClN5O2. The second-order valence-electron chi connectivity index (χ2n) is 7.88. The Morgan fingerprint density at radius 2 is 2.04 bits per heavy atom. The van der Waals surface area contributed by atoms with Crippen molar-refractivity contribution in [3.63, 3.8) is 0 Å². The zero-order chi connectivity index (χ0) is 18.5. The number of likely N-dealkylation sites (tertiary alicyclic amines) is 1. The van der Waals surface area contributed by atoms with E-state index in [1.807, 2.05) is 18.7 Å². The highest BCUT2D eigenvalue weighted by Crippen LogP contribution is 2.28. The minimum atomic E-state index is -0.165. The Morgan fingerprint density at radius 1 is 1.38 bits per heavy atom. The number of H-pyrrole nitrogens is 1. The highest BCUT2D eigenvalue weighted by atomic mass is 35.5. The van der Waals surface area contributed by atoms with Gasteiger partial charge in [0.2, 0.25) is 5.91 Å². The monoisotopic (exact) mass is 381 g/mol. The molecule has 7 nitrogen and oxygen atoms in total. The first-order valence-electron chi connectivity index (χ1n) is 8.70. The van der Waals surface area contributed by atoms with Crippen LogP contribution in [0.2, 0.25) is 0 Å². The number of hydrogen-bond acceptors (Lipinski definition) is 4. The first-order chi connectivity index (χ1) is 11.6. The van der Waals surface area contributed by atoms with Gasteiger partial charge in [0.25, 0.3) is 5.56 Å². The Hall–Kier alpha value is -1.86. The van der Waals surface area contributed by atoms with Crippen LogP contribution in [0.5, 0.6) is 0 Å². The van der Waals surface area contributed by atoms with E-state index in [2.05, 4.69) is 23.9 Å². The molecule has 144 valence electrons. The number of aryl methyl sites for hydroxylation is 3. The van der Waals surface area contributed by atoms with E-state index in [9.17, 15) is 9.59 Å². The zero-order valence-electron chi connectivity index (χ0n) is 16.0. The van der Waals surface area contributed by atoms with Crippen LogP contribution in [-0.4, -0.2) is 44.7 Å². The second-order valence-corrected chi connectivity index (χ2v) is 7.88. The van der Waals surface area contributed by atoms with Crippen LogP contribution < -0.4 is 11.3 Å². The molecule has 1 aliphatic heterocycles. The van der Waals surface area contributed by atoms with Crippen molar-refractivity contribution >= 4 is 29.3 Å². The Bertz CT molecular complexity index is 899. The van der Waals surface area contributed by atoms with Crippen LogP contribution >= 0.6 is 12.4 Å². The molecule has 2 aromatic rings. The van der Waals surface area contributed by atoms with E-state index in [1.165, 1.54) is 0 Å². The van der Waals surface area contributed by atoms with E-state index in [1.54, 1.807) is 11.7 Å². The molecular weight excluding hydrogens is 354 g/mol. The van der Waals surface area contributed by atoms with Gasteiger partial charge in [0.1, 0.15) is 0 Å². The average Bonchev–Trinajstić information content (AvgIpc) is 2.80. The minimum Gasteiger partial charge on any atom is -0.342 e. The van der Waals surface area contributed by atoms with Gasteiger partial charge >= 0.3 is 0 Å². The predicted octanol–water partition coefficient (Wildman–Crippen LogP) is 1.43. The molecule has 1 unspecified atom stereocenters. The fourth-order valence-electron chi connectivity index (χ4n) is 3.76. The van der Waals surface area contributed by atoms with Crippen LogP contribution in [0.15, 0.2) is 4.79 Å². The number of nitrogens with one attached hydrogen (secondary N) is 1. The summed E-state index contributed by atoms with van der Waals surface area (Å²) in [5.74, 6) is 0.0692. The molecule has 2 aromatic heterocycles. The third kappa shape index (κ3) is 3.38. The van der Waals surface area contributed by atoms with Crippen molar-refractivity contribution in [1.29, 1.82) is 0 Å². The lowest BCUT2D eigenvalue weighted by Crippen LogP contribution is -2.54. The first kappa shape index (κ1) is 20.5. The molecule has 1 amide bonds. The van der Waals surface area contributed by atoms with Gasteiger partial charge in [0, 0.05) is 31.9 Å². The molecule has 8 heteroatoms. The van der Waals surface area contributed by atoms with Crippen LogP contribution in [0.3, 0.4) is 0 Å². The Labute approximate surface area is 159 Å². The topological polar surface area (TPSA) is 97.0 Å². The molecule has 0 radical (unpaired) electrons. The van der Waals surface area contributed by atoms with Gasteiger partial charge in [0.15, 0.2) is 5.65 Å². The number of amides is 1. The number of carbonyl (C=O) groups is 1. The van der Waals surface area contributed by atoms with E-state index in [4.69, 9.17) is 5.73 Å². The number of aromatic amines is 1. The van der Waals surface area contributed by atoms with Crippen LogP contribution in [0.4, 0.5) is 0 Å². The standard InChI is InChI=1S/C18H27N5O2.ClH/c1-10-12(11(2)20-16-15(10)17(25)21-22(16)5)8-14(24)23-7-6-13(19)18(3,4)9-23;/h13H,6-9,19H2,1-5H3,(H,21,25);1H. The first-order valence-corrected chi connectivity index (χ1v) is 8.70. The summed E-state index contributed by atoms with van der Waals surface area (Å²) in [4.78, 5) is 31.5. The number of carbonyl (C=O) groups excluding carboxylic acids is 1. The van der Waals surface area contributed by atoms with E-state index in [-0.39, 0.29) is 41.8 Å². The number of pyridine rings is 1. The molecule has 3 N–H and O–H groups in total. The summed E-state index contributed by atoms with van der Waals surface area (Å²) in [6, 6.07) is 0.112. The third-order valence-electron chi connectivity index (χ3n) is 5.57.